The molecule has 0 saturated heterocycles. The maximum atomic E-state index is 12.4. The lowest BCUT2D eigenvalue weighted by Crippen LogP contribution is -2.13. The van der Waals surface area contributed by atoms with E-state index >= 15 is 0 Å². The average molecular weight is 344 g/mol. The Morgan fingerprint density at radius 3 is 2.32 bits per heavy atom. The molecule has 0 heterocycles. The molecule has 2 aromatic carbocycles. The SMILES string of the molecule is COc1ccc(NC(=O)c2ccc(OCC(C)C)c(OC)c2)cc1N. The Labute approximate surface area is 147 Å². The molecule has 0 fully saturated rings. The number of carbonyl (C=O) groups excluding carboxylic acids is 1. The van der Waals surface area contributed by atoms with Crippen LogP contribution in [-0.4, -0.2) is 26.7 Å². The number of anilines is 2. The zero-order chi connectivity index (χ0) is 18.4. The Morgan fingerprint density at radius 2 is 1.72 bits per heavy atom. The molecule has 2 rings (SSSR count). The van der Waals surface area contributed by atoms with Crippen LogP contribution in [0.5, 0.6) is 17.2 Å². The second-order valence-corrected chi connectivity index (χ2v) is 5.98. The number of hydrogen-bond acceptors (Lipinski definition) is 5. The van der Waals surface area contributed by atoms with Gasteiger partial charge in [-0.05, 0) is 42.3 Å². The van der Waals surface area contributed by atoms with E-state index in [0.29, 0.717) is 46.7 Å². The lowest BCUT2D eigenvalue weighted by molar-refractivity contribution is 0.102. The van der Waals surface area contributed by atoms with Gasteiger partial charge >= 0.3 is 0 Å². The molecule has 6 heteroatoms. The number of methoxy groups -OCH3 is 2. The summed E-state index contributed by atoms with van der Waals surface area (Å²) >= 11 is 0. The van der Waals surface area contributed by atoms with Crippen molar-refractivity contribution in [2.24, 2.45) is 5.92 Å². The summed E-state index contributed by atoms with van der Waals surface area (Å²) in [6.07, 6.45) is 0. The minimum absolute atomic E-state index is 0.265. The van der Waals surface area contributed by atoms with Gasteiger partial charge in [-0.3, -0.25) is 4.79 Å². The van der Waals surface area contributed by atoms with Crippen LogP contribution in [0.15, 0.2) is 36.4 Å². The smallest absolute Gasteiger partial charge is 0.255 e. The van der Waals surface area contributed by atoms with Crippen LogP contribution in [-0.2, 0) is 0 Å². The molecule has 3 N–H and O–H groups in total. The molecule has 1 amide bonds. The molecule has 0 aliphatic heterocycles. The first-order chi connectivity index (χ1) is 11.9. The molecule has 0 atom stereocenters. The summed E-state index contributed by atoms with van der Waals surface area (Å²) in [6, 6.07) is 10.2. The summed E-state index contributed by atoms with van der Waals surface area (Å²) in [5, 5.41) is 2.80. The Morgan fingerprint density at radius 1 is 1.04 bits per heavy atom. The van der Waals surface area contributed by atoms with Crippen LogP contribution in [0.1, 0.15) is 24.2 Å². The van der Waals surface area contributed by atoms with E-state index in [1.807, 2.05) is 0 Å². The van der Waals surface area contributed by atoms with Crippen LogP contribution < -0.4 is 25.3 Å². The van der Waals surface area contributed by atoms with Gasteiger partial charge in [-0.25, -0.2) is 0 Å². The van der Waals surface area contributed by atoms with E-state index in [4.69, 9.17) is 19.9 Å². The highest BCUT2D eigenvalue weighted by Gasteiger charge is 2.12. The molecule has 0 saturated carbocycles. The zero-order valence-corrected chi connectivity index (χ0v) is 15.0. The predicted octanol–water partition coefficient (Wildman–Crippen LogP) is 3.57. The van der Waals surface area contributed by atoms with Gasteiger partial charge < -0.3 is 25.3 Å². The zero-order valence-electron chi connectivity index (χ0n) is 15.0. The third-order valence-electron chi connectivity index (χ3n) is 3.49. The summed E-state index contributed by atoms with van der Waals surface area (Å²) in [7, 11) is 3.09. The van der Waals surface area contributed by atoms with E-state index in [9.17, 15) is 4.79 Å². The highest BCUT2D eigenvalue weighted by molar-refractivity contribution is 6.05. The first-order valence-corrected chi connectivity index (χ1v) is 8.00. The summed E-state index contributed by atoms with van der Waals surface area (Å²) < 4.78 is 16.1. The van der Waals surface area contributed by atoms with Crippen LogP contribution in [0, 0.1) is 5.92 Å². The molecular weight excluding hydrogens is 320 g/mol. The van der Waals surface area contributed by atoms with Crippen LogP contribution >= 0.6 is 0 Å². The van der Waals surface area contributed by atoms with Gasteiger partial charge in [0.05, 0.1) is 26.5 Å². The standard InChI is InChI=1S/C19H24N2O4/c1-12(2)11-25-17-7-5-13(9-18(17)24-4)19(22)21-14-6-8-16(23-3)15(20)10-14/h5-10,12H,11,20H2,1-4H3,(H,21,22). The normalized spacial score (nSPS) is 10.4. The number of amides is 1. The van der Waals surface area contributed by atoms with Crippen molar-refractivity contribution < 1.29 is 19.0 Å². The molecule has 25 heavy (non-hydrogen) atoms. The van der Waals surface area contributed by atoms with Crippen molar-refractivity contribution in [3.8, 4) is 17.2 Å². The molecule has 0 aliphatic carbocycles. The number of hydrogen-bond donors (Lipinski definition) is 2. The number of rotatable bonds is 7. The van der Waals surface area contributed by atoms with Gasteiger partial charge in [-0.1, -0.05) is 13.8 Å². The Balaban J connectivity index is 2.14. The molecule has 134 valence electrons. The van der Waals surface area contributed by atoms with Crippen molar-refractivity contribution in [1.29, 1.82) is 0 Å². The first-order valence-electron chi connectivity index (χ1n) is 8.00. The van der Waals surface area contributed by atoms with E-state index in [2.05, 4.69) is 19.2 Å². The predicted molar refractivity (Wildman–Crippen MR) is 98.7 cm³/mol. The molecule has 0 bridgehead atoms. The van der Waals surface area contributed by atoms with Gasteiger partial charge in [0.1, 0.15) is 5.75 Å². The van der Waals surface area contributed by atoms with Crippen LogP contribution in [0.4, 0.5) is 11.4 Å². The summed E-state index contributed by atoms with van der Waals surface area (Å²) in [5.74, 6) is 1.82. The van der Waals surface area contributed by atoms with Gasteiger partial charge in [0.25, 0.3) is 5.91 Å². The fourth-order valence-corrected chi connectivity index (χ4v) is 2.20. The van der Waals surface area contributed by atoms with E-state index in [1.165, 1.54) is 0 Å². The second kappa shape index (κ2) is 8.28. The third-order valence-corrected chi connectivity index (χ3v) is 3.49. The minimum atomic E-state index is -0.265. The Kier molecular flexibility index (Phi) is 6.11. The number of carbonyl (C=O) groups is 1. The van der Waals surface area contributed by atoms with Crippen LogP contribution in [0.2, 0.25) is 0 Å². The van der Waals surface area contributed by atoms with Crippen LogP contribution in [0.25, 0.3) is 0 Å². The van der Waals surface area contributed by atoms with Crippen molar-refractivity contribution in [2.45, 2.75) is 13.8 Å². The van der Waals surface area contributed by atoms with Gasteiger partial charge in [0.2, 0.25) is 0 Å². The third kappa shape index (κ3) is 4.79. The van der Waals surface area contributed by atoms with Gasteiger partial charge in [-0.15, -0.1) is 0 Å². The fourth-order valence-electron chi connectivity index (χ4n) is 2.20. The molecule has 6 nitrogen and oxygen atoms in total. The average Bonchev–Trinajstić information content (AvgIpc) is 2.59. The first kappa shape index (κ1) is 18.4. The molecule has 2 aromatic rings. The van der Waals surface area contributed by atoms with Crippen LogP contribution in [0.3, 0.4) is 0 Å². The molecule has 0 radical (unpaired) electrons. The number of nitrogens with two attached hydrogens (primary N) is 1. The highest BCUT2D eigenvalue weighted by atomic mass is 16.5. The van der Waals surface area contributed by atoms with Gasteiger partial charge in [0, 0.05) is 11.3 Å². The lowest BCUT2D eigenvalue weighted by Gasteiger charge is -2.14. The summed E-state index contributed by atoms with van der Waals surface area (Å²) in [6.45, 7) is 4.71. The van der Waals surface area contributed by atoms with Crippen molar-refractivity contribution in [3.63, 3.8) is 0 Å². The van der Waals surface area contributed by atoms with E-state index in [-0.39, 0.29) is 5.91 Å². The molecular formula is C19H24N2O4. The van der Waals surface area contributed by atoms with Crippen molar-refractivity contribution in [2.75, 3.05) is 31.9 Å². The maximum absolute atomic E-state index is 12.4. The van der Waals surface area contributed by atoms with Crippen molar-refractivity contribution in [1.82, 2.24) is 0 Å². The summed E-state index contributed by atoms with van der Waals surface area (Å²) in [5.41, 5.74) is 7.36. The molecule has 0 unspecified atom stereocenters. The second-order valence-electron chi connectivity index (χ2n) is 5.98. The maximum Gasteiger partial charge on any atom is 0.255 e. The van der Waals surface area contributed by atoms with E-state index in [0.717, 1.165) is 0 Å². The number of nitrogen functional groups attached to an aromatic ring is 1. The Bertz CT molecular complexity index is 744. The number of ether oxygens (including phenoxy) is 3. The van der Waals surface area contributed by atoms with E-state index in [1.54, 1.807) is 50.6 Å². The topological polar surface area (TPSA) is 82.8 Å². The quantitative estimate of drug-likeness (QED) is 0.750. The Hall–Kier alpha value is -2.89. The molecule has 0 aromatic heterocycles. The molecule has 0 aliphatic rings. The molecule has 0 spiro atoms. The van der Waals surface area contributed by atoms with Crippen molar-refractivity contribution in [3.05, 3.63) is 42.0 Å². The highest BCUT2D eigenvalue weighted by Crippen LogP contribution is 2.29. The monoisotopic (exact) mass is 344 g/mol. The minimum Gasteiger partial charge on any atom is -0.495 e. The van der Waals surface area contributed by atoms with Crippen molar-refractivity contribution >= 4 is 17.3 Å². The number of benzene rings is 2. The number of nitrogens with one attached hydrogen (secondary N) is 1. The fraction of sp³-hybridized carbons (Fsp3) is 0.316. The van der Waals surface area contributed by atoms with Gasteiger partial charge in [0.15, 0.2) is 11.5 Å². The van der Waals surface area contributed by atoms with Gasteiger partial charge in [-0.2, -0.15) is 0 Å². The summed E-state index contributed by atoms with van der Waals surface area (Å²) in [4.78, 5) is 12.4. The van der Waals surface area contributed by atoms with E-state index < -0.39 is 0 Å². The largest absolute Gasteiger partial charge is 0.495 e. The lowest BCUT2D eigenvalue weighted by atomic mass is 10.1.